The van der Waals surface area contributed by atoms with Crippen LogP contribution in [0.1, 0.15) is 53.6 Å². The number of halogens is 4. The van der Waals surface area contributed by atoms with E-state index in [0.717, 1.165) is 60.8 Å². The van der Waals surface area contributed by atoms with E-state index >= 15 is 0 Å². The van der Waals surface area contributed by atoms with Gasteiger partial charge in [0.2, 0.25) is 0 Å². The molecule has 1 saturated heterocycles. The lowest BCUT2D eigenvalue weighted by atomic mass is 9.83. The molecule has 0 bridgehead atoms. The number of piperidine rings is 1. The van der Waals surface area contributed by atoms with E-state index in [4.69, 9.17) is 4.74 Å². The summed E-state index contributed by atoms with van der Waals surface area (Å²) in [5.74, 6) is -4.09. The maximum atomic E-state index is 13.9. The smallest absolute Gasteiger partial charge is 0.251 e. The summed E-state index contributed by atoms with van der Waals surface area (Å²) in [5.41, 5.74) is 3.36. The van der Waals surface area contributed by atoms with Gasteiger partial charge in [0.1, 0.15) is 12.4 Å². The Balaban J connectivity index is 1.14. The summed E-state index contributed by atoms with van der Waals surface area (Å²) in [6.45, 7) is 3.82. The highest BCUT2D eigenvalue weighted by atomic mass is 19.2. The Kier molecular flexibility index (Phi) is 10.7. The minimum atomic E-state index is -1.06. The van der Waals surface area contributed by atoms with Crippen molar-refractivity contribution in [2.24, 2.45) is 0 Å². The number of Topliss-reactive ketones (excluding diaryl/α,β-unsaturated/α-hetero) is 1. The van der Waals surface area contributed by atoms with Crippen molar-refractivity contribution in [3.63, 3.8) is 0 Å². The minimum Gasteiger partial charge on any atom is -0.492 e. The first kappa shape index (κ1) is 33.9. The quantitative estimate of drug-likeness (QED) is 0.144. The third-order valence-corrected chi connectivity index (χ3v) is 8.88. The number of ether oxygens (including phenoxy) is 1. The third kappa shape index (κ3) is 8.72. The number of hydrogen-bond acceptors (Lipinski definition) is 4. The van der Waals surface area contributed by atoms with Gasteiger partial charge in [-0.3, -0.25) is 14.5 Å². The molecule has 4 aromatic rings. The molecule has 0 atom stereocenters. The first-order chi connectivity index (χ1) is 23.7. The topological polar surface area (TPSA) is 58.6 Å². The number of benzene rings is 4. The number of amides is 1. The van der Waals surface area contributed by atoms with Crippen LogP contribution < -0.4 is 10.1 Å². The largest absolute Gasteiger partial charge is 0.492 e. The van der Waals surface area contributed by atoms with Crippen molar-refractivity contribution in [1.29, 1.82) is 0 Å². The SMILES string of the molecule is O=C1/C(=C/c2ccc(F)c(F)c2)CC(NC(=O)c2ccc(-c3ccc(OCCN4CCCCC4)cc3)cc2)C/C1=C\c1ccc(F)c(F)c1. The fourth-order valence-electron chi connectivity index (χ4n) is 6.25. The molecule has 0 unspecified atom stereocenters. The van der Waals surface area contributed by atoms with Gasteiger partial charge in [-0.1, -0.05) is 42.8 Å². The number of likely N-dealkylation sites (tertiary alicyclic amines) is 1. The van der Waals surface area contributed by atoms with E-state index < -0.39 is 29.3 Å². The first-order valence-corrected chi connectivity index (χ1v) is 16.4. The molecular weight excluding hydrogens is 632 g/mol. The van der Waals surface area contributed by atoms with Crippen molar-refractivity contribution < 1.29 is 31.9 Å². The van der Waals surface area contributed by atoms with Crippen molar-refractivity contribution in [1.82, 2.24) is 10.2 Å². The lowest BCUT2D eigenvalue weighted by Crippen LogP contribution is -2.39. The van der Waals surface area contributed by atoms with E-state index in [9.17, 15) is 27.2 Å². The highest BCUT2D eigenvalue weighted by molar-refractivity contribution is 6.14. The van der Waals surface area contributed by atoms with Gasteiger partial charge in [-0.25, -0.2) is 17.6 Å². The molecule has 0 aromatic heterocycles. The normalized spacial score (nSPS) is 18.5. The molecule has 1 aliphatic heterocycles. The Hall–Kier alpha value is -5.02. The number of carbonyl (C=O) groups is 2. The monoisotopic (exact) mass is 668 g/mol. The molecule has 1 aliphatic carbocycles. The molecule has 252 valence electrons. The Morgan fingerprint density at radius 3 is 1.78 bits per heavy atom. The zero-order valence-electron chi connectivity index (χ0n) is 26.9. The van der Waals surface area contributed by atoms with Gasteiger partial charge in [-0.2, -0.15) is 0 Å². The lowest BCUT2D eigenvalue weighted by molar-refractivity contribution is -0.113. The van der Waals surface area contributed by atoms with Crippen LogP contribution in [0.2, 0.25) is 0 Å². The van der Waals surface area contributed by atoms with Crippen LogP contribution >= 0.6 is 0 Å². The van der Waals surface area contributed by atoms with Crippen molar-refractivity contribution >= 4 is 23.8 Å². The van der Waals surface area contributed by atoms with Crippen LogP contribution in [0.4, 0.5) is 17.6 Å². The predicted octanol–water partition coefficient (Wildman–Crippen LogP) is 8.40. The fourth-order valence-corrected chi connectivity index (χ4v) is 6.25. The van der Waals surface area contributed by atoms with Crippen LogP contribution in [-0.2, 0) is 4.79 Å². The van der Waals surface area contributed by atoms with Crippen molar-refractivity contribution in [3.8, 4) is 16.9 Å². The van der Waals surface area contributed by atoms with Crippen LogP contribution in [0.5, 0.6) is 5.75 Å². The average Bonchev–Trinajstić information content (AvgIpc) is 3.11. The molecule has 4 aromatic carbocycles. The van der Waals surface area contributed by atoms with Crippen LogP contribution in [0.3, 0.4) is 0 Å². The second-order valence-electron chi connectivity index (χ2n) is 12.4. The third-order valence-electron chi connectivity index (χ3n) is 8.88. The van der Waals surface area contributed by atoms with Crippen molar-refractivity contribution in [2.75, 3.05) is 26.2 Å². The summed E-state index contributed by atoms with van der Waals surface area (Å²) in [7, 11) is 0. The number of carbonyl (C=O) groups excluding carboxylic acids is 2. The Labute approximate surface area is 282 Å². The molecule has 0 radical (unpaired) electrons. The highest BCUT2D eigenvalue weighted by Crippen LogP contribution is 2.30. The molecule has 2 aliphatic rings. The van der Waals surface area contributed by atoms with Gasteiger partial charge in [0, 0.05) is 29.3 Å². The zero-order valence-corrected chi connectivity index (χ0v) is 26.9. The summed E-state index contributed by atoms with van der Waals surface area (Å²) in [6.07, 6.45) is 6.95. The number of ketones is 1. The van der Waals surface area contributed by atoms with Crippen LogP contribution in [0.15, 0.2) is 96.1 Å². The molecule has 1 heterocycles. The second-order valence-corrected chi connectivity index (χ2v) is 12.4. The van der Waals surface area contributed by atoms with Crippen molar-refractivity contribution in [2.45, 2.75) is 38.1 Å². The number of nitrogens with one attached hydrogen (secondary N) is 1. The van der Waals surface area contributed by atoms with E-state index in [1.807, 2.05) is 36.4 Å². The summed E-state index contributed by atoms with van der Waals surface area (Å²) in [4.78, 5) is 29.2. The van der Waals surface area contributed by atoms with E-state index in [-0.39, 0.29) is 46.8 Å². The summed E-state index contributed by atoms with van der Waals surface area (Å²) < 4.78 is 60.9. The summed E-state index contributed by atoms with van der Waals surface area (Å²) in [5, 5.41) is 2.98. The van der Waals surface area contributed by atoms with E-state index in [1.54, 1.807) is 12.1 Å². The molecular formula is C40H36F4N2O3. The molecule has 0 spiro atoms. The Morgan fingerprint density at radius 1 is 0.714 bits per heavy atom. The molecule has 49 heavy (non-hydrogen) atoms. The highest BCUT2D eigenvalue weighted by Gasteiger charge is 2.29. The molecule has 6 rings (SSSR count). The first-order valence-electron chi connectivity index (χ1n) is 16.4. The van der Waals surface area contributed by atoms with E-state index in [1.165, 1.54) is 43.5 Å². The minimum absolute atomic E-state index is 0.128. The van der Waals surface area contributed by atoms with Crippen molar-refractivity contribution in [3.05, 3.63) is 136 Å². The molecule has 2 fully saturated rings. The number of nitrogens with zero attached hydrogens (tertiary/aromatic N) is 1. The molecule has 9 heteroatoms. The summed E-state index contributed by atoms with van der Waals surface area (Å²) in [6, 6.07) is 21.0. The fraction of sp³-hybridized carbons (Fsp3) is 0.250. The Morgan fingerprint density at radius 2 is 1.24 bits per heavy atom. The van der Waals surface area contributed by atoms with Crippen LogP contribution in [0, 0.1) is 23.3 Å². The molecule has 1 N–H and O–H groups in total. The molecule has 1 saturated carbocycles. The van der Waals surface area contributed by atoms with Crippen LogP contribution in [-0.4, -0.2) is 48.9 Å². The van der Waals surface area contributed by atoms with Gasteiger partial charge in [-0.15, -0.1) is 0 Å². The van der Waals surface area contributed by atoms with Gasteiger partial charge in [-0.05, 0) is 122 Å². The maximum Gasteiger partial charge on any atom is 0.251 e. The lowest BCUT2D eigenvalue weighted by Gasteiger charge is -2.27. The summed E-state index contributed by atoms with van der Waals surface area (Å²) >= 11 is 0. The second kappa shape index (κ2) is 15.5. The Bertz CT molecular complexity index is 1810. The van der Waals surface area contributed by atoms with Gasteiger partial charge < -0.3 is 10.1 Å². The average molecular weight is 669 g/mol. The zero-order chi connectivity index (χ0) is 34.3. The number of rotatable bonds is 9. The molecule has 1 amide bonds. The van der Waals surface area contributed by atoms with Gasteiger partial charge in [0.15, 0.2) is 29.1 Å². The van der Waals surface area contributed by atoms with Gasteiger partial charge >= 0.3 is 0 Å². The maximum absolute atomic E-state index is 13.9. The van der Waals surface area contributed by atoms with Crippen LogP contribution in [0.25, 0.3) is 23.3 Å². The predicted molar refractivity (Wildman–Crippen MR) is 182 cm³/mol. The van der Waals surface area contributed by atoms with Gasteiger partial charge in [0.05, 0.1) is 0 Å². The standard InChI is InChI=1S/C40H36F4N2O3/c41-35-14-4-26(22-37(35)43)20-31-24-33(25-32(39(31)47)21-27-5-15-36(42)38(44)23-27)45-40(48)30-8-6-28(7-9-30)29-10-12-34(13-11-29)49-19-18-46-16-2-1-3-17-46/h4-15,20-23,33H,1-3,16-19,24-25H2,(H,45,48)/b31-20+,32-21+. The van der Waals surface area contributed by atoms with Gasteiger partial charge in [0.25, 0.3) is 5.91 Å². The van der Waals surface area contributed by atoms with E-state index in [2.05, 4.69) is 10.2 Å². The molecule has 5 nitrogen and oxygen atoms in total. The van der Waals surface area contributed by atoms with E-state index in [0.29, 0.717) is 12.2 Å². The number of hydrogen-bond donors (Lipinski definition) is 1.